The minimum absolute atomic E-state index is 0. The van der Waals surface area contributed by atoms with Crippen molar-refractivity contribution in [2.24, 2.45) is 5.41 Å². The second-order valence-corrected chi connectivity index (χ2v) is 8.97. The van der Waals surface area contributed by atoms with E-state index >= 15 is 0 Å². The van der Waals surface area contributed by atoms with Crippen LogP contribution < -0.4 is 5.73 Å². The third-order valence-corrected chi connectivity index (χ3v) is 6.23. The third-order valence-electron chi connectivity index (χ3n) is 6.23. The van der Waals surface area contributed by atoms with Gasteiger partial charge in [0.25, 0.3) is 0 Å². The number of carbonyl (C=O) groups is 1. The number of nitrogens with zero attached hydrogens (tertiary/aromatic N) is 2. The third kappa shape index (κ3) is 5.53. The number of nitrogen functional groups attached to an aromatic ring is 1. The first-order valence-corrected chi connectivity index (χ1v) is 10.2. The smallest absolute Gasteiger partial charge is 0.339 e. The summed E-state index contributed by atoms with van der Waals surface area (Å²) in [4.78, 5) is 17.8. The monoisotopic (exact) mass is 467 g/mol. The molecule has 0 bridgehead atoms. The van der Waals surface area contributed by atoms with Crippen molar-refractivity contribution in [1.82, 2.24) is 9.80 Å². The van der Waals surface area contributed by atoms with E-state index < -0.39 is 5.60 Å². The largest absolute Gasteiger partial charge is 0.450 e. The van der Waals surface area contributed by atoms with Crippen LogP contribution in [0.25, 0.3) is 0 Å². The number of hydrogen-bond acceptors (Lipinski definition) is 5. The predicted molar refractivity (Wildman–Crippen MR) is 132 cm³/mol. The van der Waals surface area contributed by atoms with Gasteiger partial charge >= 0.3 is 5.97 Å². The summed E-state index contributed by atoms with van der Waals surface area (Å²) in [5.41, 5.74) is 6.97. The average Bonchev–Trinajstić information content (AvgIpc) is 2.66. The standard InChI is InChI=1S/C24H33N3O2.2ClH/c1-18-15-24(20-9-7-6-8-10-20,23(2,16-26(3)4)17-27(18)5)29-22(28)19-11-13-21(25)14-12-19;;/h6-14,18H,15-17,25H2,1-5H3;2*1H. The maximum atomic E-state index is 13.3. The van der Waals surface area contributed by atoms with Crippen LogP contribution in [0.1, 0.15) is 36.2 Å². The molecule has 1 aliphatic heterocycles. The fourth-order valence-electron chi connectivity index (χ4n) is 4.76. The number of benzene rings is 2. The Bertz CT molecular complexity index is 848. The van der Waals surface area contributed by atoms with Crippen LogP contribution in [0, 0.1) is 5.41 Å². The molecule has 5 nitrogen and oxygen atoms in total. The number of halogens is 2. The molecule has 2 N–H and O–H groups in total. The van der Waals surface area contributed by atoms with Gasteiger partial charge in [-0.3, -0.25) is 0 Å². The maximum absolute atomic E-state index is 13.3. The molecule has 2 aromatic rings. The number of ether oxygens (including phenoxy) is 1. The Morgan fingerprint density at radius 2 is 1.71 bits per heavy atom. The van der Waals surface area contributed by atoms with Crippen molar-refractivity contribution < 1.29 is 9.53 Å². The Balaban J connectivity index is 0.00000240. The van der Waals surface area contributed by atoms with Crippen LogP contribution in [-0.4, -0.2) is 56.0 Å². The van der Waals surface area contributed by atoms with Gasteiger partial charge in [-0.25, -0.2) is 4.79 Å². The Kier molecular flexibility index (Phi) is 9.39. The van der Waals surface area contributed by atoms with E-state index in [4.69, 9.17) is 10.5 Å². The number of hydrogen-bond donors (Lipinski definition) is 1. The summed E-state index contributed by atoms with van der Waals surface area (Å²) in [5, 5.41) is 0. The van der Waals surface area contributed by atoms with Crippen LogP contribution in [0.3, 0.4) is 0 Å². The van der Waals surface area contributed by atoms with Crippen LogP contribution in [-0.2, 0) is 10.3 Å². The number of piperidine rings is 1. The first kappa shape index (κ1) is 27.2. The van der Waals surface area contributed by atoms with E-state index in [-0.39, 0.29) is 42.2 Å². The molecule has 0 spiro atoms. The van der Waals surface area contributed by atoms with E-state index in [2.05, 4.69) is 56.9 Å². The van der Waals surface area contributed by atoms with Crippen molar-refractivity contribution in [2.45, 2.75) is 31.9 Å². The topological polar surface area (TPSA) is 58.8 Å². The van der Waals surface area contributed by atoms with E-state index in [0.717, 1.165) is 25.1 Å². The maximum Gasteiger partial charge on any atom is 0.339 e. The predicted octanol–water partition coefficient (Wildman–Crippen LogP) is 4.46. The quantitative estimate of drug-likeness (QED) is 0.519. The molecule has 1 aliphatic rings. The number of likely N-dealkylation sites (tertiary alicyclic amines) is 1. The highest BCUT2D eigenvalue weighted by Gasteiger charge is 2.57. The lowest BCUT2D eigenvalue weighted by molar-refractivity contribution is -0.156. The molecule has 3 rings (SSSR count). The van der Waals surface area contributed by atoms with Gasteiger partial charge in [-0.1, -0.05) is 37.3 Å². The number of anilines is 1. The summed E-state index contributed by atoms with van der Waals surface area (Å²) in [5.74, 6) is -0.310. The normalized spacial score (nSPS) is 25.9. The Morgan fingerprint density at radius 1 is 1.13 bits per heavy atom. The minimum atomic E-state index is -0.733. The highest BCUT2D eigenvalue weighted by molar-refractivity contribution is 5.90. The van der Waals surface area contributed by atoms with E-state index in [0.29, 0.717) is 11.3 Å². The number of nitrogens with two attached hydrogens (primary N) is 1. The molecule has 0 amide bonds. The van der Waals surface area contributed by atoms with Gasteiger partial charge in [0.1, 0.15) is 5.60 Å². The van der Waals surface area contributed by atoms with Crippen molar-refractivity contribution >= 4 is 36.5 Å². The molecule has 0 aliphatic carbocycles. The van der Waals surface area contributed by atoms with Crippen molar-refractivity contribution in [3.63, 3.8) is 0 Å². The molecule has 2 aromatic carbocycles. The van der Waals surface area contributed by atoms with Crippen LogP contribution >= 0.6 is 24.8 Å². The highest BCUT2D eigenvalue weighted by atomic mass is 35.5. The van der Waals surface area contributed by atoms with Crippen LogP contribution in [0.2, 0.25) is 0 Å². The summed E-state index contributed by atoms with van der Waals surface area (Å²) in [6.07, 6.45) is 0.735. The van der Waals surface area contributed by atoms with Gasteiger partial charge in [-0.05, 0) is 57.9 Å². The van der Waals surface area contributed by atoms with E-state index in [1.165, 1.54) is 0 Å². The average molecular weight is 468 g/mol. The van der Waals surface area contributed by atoms with Crippen molar-refractivity contribution in [3.05, 3.63) is 65.7 Å². The fraction of sp³-hybridized carbons (Fsp3) is 0.458. The first-order valence-electron chi connectivity index (χ1n) is 10.2. The lowest BCUT2D eigenvalue weighted by atomic mass is 9.63. The summed E-state index contributed by atoms with van der Waals surface area (Å²) in [7, 11) is 6.29. The molecule has 1 fully saturated rings. The molecule has 0 radical (unpaired) electrons. The van der Waals surface area contributed by atoms with E-state index in [9.17, 15) is 4.79 Å². The molecule has 0 saturated carbocycles. The summed E-state index contributed by atoms with van der Waals surface area (Å²) >= 11 is 0. The van der Waals surface area contributed by atoms with E-state index in [1.807, 2.05) is 18.2 Å². The second-order valence-electron chi connectivity index (χ2n) is 8.97. The van der Waals surface area contributed by atoms with Crippen LogP contribution in [0.5, 0.6) is 0 Å². The SMILES string of the molecule is CC1CC(OC(=O)c2ccc(N)cc2)(c2ccccc2)C(C)(CN(C)C)CN1C.Cl.Cl. The summed E-state index contributed by atoms with van der Waals surface area (Å²) in [6, 6.07) is 17.4. The second kappa shape index (κ2) is 10.7. The van der Waals surface area contributed by atoms with Gasteiger partial charge in [-0.2, -0.15) is 0 Å². The van der Waals surface area contributed by atoms with Gasteiger partial charge < -0.3 is 20.3 Å². The lowest BCUT2D eigenvalue weighted by Crippen LogP contribution is -2.63. The van der Waals surface area contributed by atoms with Gasteiger partial charge in [0.15, 0.2) is 0 Å². The zero-order chi connectivity index (χ0) is 21.2. The van der Waals surface area contributed by atoms with Crippen molar-refractivity contribution in [1.29, 1.82) is 0 Å². The zero-order valence-electron chi connectivity index (χ0n) is 19.0. The molecule has 172 valence electrons. The number of rotatable bonds is 5. The molecule has 1 heterocycles. The molecular formula is C24H35Cl2N3O2. The van der Waals surface area contributed by atoms with Crippen molar-refractivity contribution in [3.8, 4) is 0 Å². The molecule has 7 heteroatoms. The zero-order valence-corrected chi connectivity index (χ0v) is 20.6. The van der Waals surface area contributed by atoms with Gasteiger partial charge in [0, 0.05) is 36.7 Å². The van der Waals surface area contributed by atoms with Gasteiger partial charge in [-0.15, -0.1) is 24.8 Å². The first-order chi connectivity index (χ1) is 13.7. The molecule has 0 aromatic heterocycles. The van der Waals surface area contributed by atoms with Gasteiger partial charge in [0.05, 0.1) is 5.56 Å². The van der Waals surface area contributed by atoms with Crippen LogP contribution in [0.15, 0.2) is 54.6 Å². The highest BCUT2D eigenvalue weighted by Crippen LogP contribution is 2.51. The summed E-state index contributed by atoms with van der Waals surface area (Å²) in [6.45, 7) is 6.06. The molecular weight excluding hydrogens is 433 g/mol. The molecule has 3 atom stereocenters. The van der Waals surface area contributed by atoms with E-state index in [1.54, 1.807) is 24.3 Å². The molecule has 3 unspecified atom stereocenters. The Labute approximate surface area is 198 Å². The Morgan fingerprint density at radius 3 is 2.26 bits per heavy atom. The fourth-order valence-corrected chi connectivity index (χ4v) is 4.76. The molecule has 1 saturated heterocycles. The minimum Gasteiger partial charge on any atom is -0.450 e. The van der Waals surface area contributed by atoms with Crippen LogP contribution in [0.4, 0.5) is 5.69 Å². The number of esters is 1. The molecule has 31 heavy (non-hydrogen) atoms. The van der Waals surface area contributed by atoms with Gasteiger partial charge in [0.2, 0.25) is 0 Å². The number of carbonyl (C=O) groups excluding carboxylic acids is 1. The summed E-state index contributed by atoms with van der Waals surface area (Å²) < 4.78 is 6.49. The van der Waals surface area contributed by atoms with Crippen molar-refractivity contribution in [2.75, 3.05) is 40.0 Å². The lowest BCUT2D eigenvalue weighted by Gasteiger charge is -2.56. The Hall–Kier alpha value is -1.79.